The first-order valence-corrected chi connectivity index (χ1v) is 6.58. The summed E-state index contributed by atoms with van der Waals surface area (Å²) in [6.07, 6.45) is 1.86. The number of thiophene rings is 1. The Labute approximate surface area is 104 Å². The summed E-state index contributed by atoms with van der Waals surface area (Å²) in [4.78, 5) is 25.6. The molecule has 0 aromatic carbocycles. The predicted molar refractivity (Wildman–Crippen MR) is 65.0 cm³/mol. The monoisotopic (exact) mass is 253 g/mol. The van der Waals surface area contributed by atoms with Crippen LogP contribution in [0.2, 0.25) is 0 Å². The van der Waals surface area contributed by atoms with Gasteiger partial charge < -0.3 is 10.0 Å². The van der Waals surface area contributed by atoms with Gasteiger partial charge in [-0.1, -0.05) is 6.07 Å². The molecule has 1 atom stereocenters. The van der Waals surface area contributed by atoms with Crippen molar-refractivity contribution in [1.29, 1.82) is 0 Å². The molecule has 2 rings (SSSR count). The SMILES string of the molecule is O=C(O)[C@H]1CCCN(C(=O)Cc2cccs2)C1. The molecular formula is C12H15NO3S. The van der Waals surface area contributed by atoms with E-state index in [0.29, 0.717) is 25.9 Å². The highest BCUT2D eigenvalue weighted by Gasteiger charge is 2.27. The molecule has 1 aliphatic rings. The molecule has 1 N–H and O–H groups in total. The predicted octanol–water partition coefficient (Wildman–Crippen LogP) is 1.61. The lowest BCUT2D eigenvalue weighted by Gasteiger charge is -2.30. The molecule has 0 radical (unpaired) electrons. The van der Waals surface area contributed by atoms with Gasteiger partial charge in [0.25, 0.3) is 0 Å². The molecule has 0 aliphatic carbocycles. The zero-order valence-electron chi connectivity index (χ0n) is 9.46. The van der Waals surface area contributed by atoms with Crippen LogP contribution in [-0.4, -0.2) is 35.0 Å². The molecule has 0 spiro atoms. The van der Waals surface area contributed by atoms with Crippen molar-refractivity contribution in [3.63, 3.8) is 0 Å². The van der Waals surface area contributed by atoms with Crippen LogP contribution in [0.25, 0.3) is 0 Å². The minimum atomic E-state index is -0.793. The second kappa shape index (κ2) is 5.31. The third-order valence-electron chi connectivity index (χ3n) is 3.03. The highest BCUT2D eigenvalue weighted by molar-refractivity contribution is 7.10. The molecule has 0 unspecified atom stereocenters. The molecule has 0 saturated carbocycles. The highest BCUT2D eigenvalue weighted by atomic mass is 32.1. The first kappa shape index (κ1) is 12.1. The van der Waals surface area contributed by atoms with Gasteiger partial charge in [-0.15, -0.1) is 11.3 Å². The fraction of sp³-hybridized carbons (Fsp3) is 0.500. The molecule has 5 heteroatoms. The Hall–Kier alpha value is -1.36. The van der Waals surface area contributed by atoms with E-state index in [2.05, 4.69) is 0 Å². The van der Waals surface area contributed by atoms with Gasteiger partial charge in [0.2, 0.25) is 5.91 Å². The van der Waals surface area contributed by atoms with Gasteiger partial charge in [-0.25, -0.2) is 0 Å². The van der Waals surface area contributed by atoms with Gasteiger partial charge in [0.1, 0.15) is 0 Å². The molecule has 2 heterocycles. The number of hydrogen-bond donors (Lipinski definition) is 1. The van der Waals surface area contributed by atoms with Crippen molar-refractivity contribution in [2.45, 2.75) is 19.3 Å². The number of carbonyl (C=O) groups is 2. The van der Waals surface area contributed by atoms with E-state index in [4.69, 9.17) is 5.11 Å². The van der Waals surface area contributed by atoms with Gasteiger partial charge >= 0.3 is 5.97 Å². The zero-order chi connectivity index (χ0) is 12.3. The molecule has 1 amide bonds. The van der Waals surface area contributed by atoms with E-state index in [1.54, 1.807) is 16.2 Å². The number of piperidine rings is 1. The number of aliphatic carboxylic acids is 1. The average molecular weight is 253 g/mol. The number of rotatable bonds is 3. The van der Waals surface area contributed by atoms with Gasteiger partial charge in [0.15, 0.2) is 0 Å². The van der Waals surface area contributed by atoms with Crippen molar-refractivity contribution in [3.05, 3.63) is 22.4 Å². The fourth-order valence-corrected chi connectivity index (χ4v) is 2.78. The number of carbonyl (C=O) groups excluding carboxylic acids is 1. The standard InChI is InChI=1S/C12H15NO3S/c14-11(7-10-4-2-6-17-10)13-5-1-3-9(8-13)12(15)16/h2,4,6,9H,1,3,5,7-8H2,(H,15,16)/t9-/m0/s1. The third kappa shape index (κ3) is 3.06. The summed E-state index contributed by atoms with van der Waals surface area (Å²) in [6.45, 7) is 1.05. The number of hydrogen-bond acceptors (Lipinski definition) is 3. The minimum Gasteiger partial charge on any atom is -0.481 e. The minimum absolute atomic E-state index is 0.0402. The maximum atomic E-state index is 12.0. The van der Waals surface area contributed by atoms with Crippen LogP contribution in [0.5, 0.6) is 0 Å². The Balaban J connectivity index is 1.93. The summed E-state index contributed by atoms with van der Waals surface area (Å²) in [5.74, 6) is -1.15. The molecule has 92 valence electrons. The second-order valence-electron chi connectivity index (χ2n) is 4.27. The number of carboxylic acid groups (broad SMARTS) is 1. The first-order valence-electron chi connectivity index (χ1n) is 5.70. The molecular weight excluding hydrogens is 238 g/mol. The van der Waals surface area contributed by atoms with Crippen molar-refractivity contribution in [3.8, 4) is 0 Å². The van der Waals surface area contributed by atoms with Gasteiger partial charge in [-0.3, -0.25) is 9.59 Å². The van der Waals surface area contributed by atoms with Crippen molar-refractivity contribution in [2.24, 2.45) is 5.92 Å². The summed E-state index contributed by atoms with van der Waals surface area (Å²) < 4.78 is 0. The summed E-state index contributed by atoms with van der Waals surface area (Å²) in [5.41, 5.74) is 0. The van der Waals surface area contributed by atoms with E-state index in [0.717, 1.165) is 11.3 Å². The Kier molecular flexibility index (Phi) is 3.78. The van der Waals surface area contributed by atoms with Gasteiger partial charge in [0.05, 0.1) is 12.3 Å². The van der Waals surface area contributed by atoms with E-state index in [1.165, 1.54) is 0 Å². The van der Waals surface area contributed by atoms with Gasteiger partial charge in [-0.2, -0.15) is 0 Å². The largest absolute Gasteiger partial charge is 0.481 e. The number of likely N-dealkylation sites (tertiary alicyclic amines) is 1. The average Bonchev–Trinajstić information content (AvgIpc) is 2.82. The molecule has 1 saturated heterocycles. The third-order valence-corrected chi connectivity index (χ3v) is 3.91. The molecule has 1 aliphatic heterocycles. The Bertz CT molecular complexity index is 402. The molecule has 0 bridgehead atoms. The maximum absolute atomic E-state index is 12.0. The van der Waals surface area contributed by atoms with Crippen LogP contribution in [0, 0.1) is 5.92 Å². The van der Waals surface area contributed by atoms with Crippen LogP contribution in [-0.2, 0) is 16.0 Å². The van der Waals surface area contributed by atoms with Crippen molar-refractivity contribution >= 4 is 23.2 Å². The Morgan fingerprint density at radius 2 is 2.35 bits per heavy atom. The van der Waals surface area contributed by atoms with Crippen LogP contribution in [0.3, 0.4) is 0 Å². The topological polar surface area (TPSA) is 57.6 Å². The smallest absolute Gasteiger partial charge is 0.308 e. The molecule has 1 fully saturated rings. The lowest BCUT2D eigenvalue weighted by atomic mass is 9.98. The van der Waals surface area contributed by atoms with Crippen LogP contribution in [0.1, 0.15) is 17.7 Å². The molecule has 1 aromatic heterocycles. The quantitative estimate of drug-likeness (QED) is 0.890. The summed E-state index contributed by atoms with van der Waals surface area (Å²) in [5, 5.41) is 10.9. The van der Waals surface area contributed by atoms with Crippen molar-refractivity contribution < 1.29 is 14.7 Å². The van der Waals surface area contributed by atoms with Crippen molar-refractivity contribution in [2.75, 3.05) is 13.1 Å². The molecule has 4 nitrogen and oxygen atoms in total. The summed E-state index contributed by atoms with van der Waals surface area (Å²) in [7, 11) is 0. The number of amides is 1. The van der Waals surface area contributed by atoms with Gasteiger partial charge in [0, 0.05) is 18.0 Å². The van der Waals surface area contributed by atoms with E-state index < -0.39 is 11.9 Å². The van der Waals surface area contributed by atoms with E-state index in [1.807, 2.05) is 17.5 Å². The van der Waals surface area contributed by atoms with E-state index >= 15 is 0 Å². The summed E-state index contributed by atoms with van der Waals surface area (Å²) >= 11 is 1.56. The van der Waals surface area contributed by atoms with E-state index in [-0.39, 0.29) is 5.91 Å². The maximum Gasteiger partial charge on any atom is 0.308 e. The van der Waals surface area contributed by atoms with Crippen LogP contribution in [0.4, 0.5) is 0 Å². The van der Waals surface area contributed by atoms with E-state index in [9.17, 15) is 9.59 Å². The fourth-order valence-electron chi connectivity index (χ4n) is 2.08. The summed E-state index contributed by atoms with van der Waals surface area (Å²) in [6, 6.07) is 3.85. The second-order valence-corrected chi connectivity index (χ2v) is 5.31. The zero-order valence-corrected chi connectivity index (χ0v) is 10.3. The normalized spacial score (nSPS) is 20.2. The lowest BCUT2D eigenvalue weighted by molar-refractivity contribution is -0.145. The van der Waals surface area contributed by atoms with Crippen LogP contribution < -0.4 is 0 Å². The number of nitrogens with zero attached hydrogens (tertiary/aromatic N) is 1. The highest BCUT2D eigenvalue weighted by Crippen LogP contribution is 2.18. The van der Waals surface area contributed by atoms with Gasteiger partial charge in [-0.05, 0) is 24.3 Å². The Morgan fingerprint density at radius 1 is 1.53 bits per heavy atom. The molecule has 17 heavy (non-hydrogen) atoms. The Morgan fingerprint density at radius 3 is 3.00 bits per heavy atom. The van der Waals surface area contributed by atoms with Crippen LogP contribution >= 0.6 is 11.3 Å². The van der Waals surface area contributed by atoms with Crippen molar-refractivity contribution in [1.82, 2.24) is 4.90 Å². The lowest BCUT2D eigenvalue weighted by Crippen LogP contribution is -2.42. The van der Waals surface area contributed by atoms with Crippen LogP contribution in [0.15, 0.2) is 17.5 Å². The first-order chi connectivity index (χ1) is 8.16. The number of carboxylic acids is 1. The molecule has 1 aromatic rings.